The summed E-state index contributed by atoms with van der Waals surface area (Å²) in [7, 11) is 0. The molecular weight excluding hydrogens is 208 g/mol. The minimum Gasteiger partial charge on any atom is -0.337 e. The van der Waals surface area contributed by atoms with E-state index in [1.54, 1.807) is 11.3 Å². The first-order valence-corrected chi connectivity index (χ1v) is 6.18. The van der Waals surface area contributed by atoms with E-state index in [4.69, 9.17) is 0 Å². The van der Waals surface area contributed by atoms with Crippen molar-refractivity contribution in [2.75, 3.05) is 19.6 Å². The van der Waals surface area contributed by atoms with Crippen LogP contribution in [0.15, 0.2) is 17.5 Å². The van der Waals surface area contributed by atoms with Crippen molar-refractivity contribution in [3.05, 3.63) is 22.4 Å². The number of amides is 1. The third-order valence-corrected chi connectivity index (χ3v) is 3.60. The van der Waals surface area contributed by atoms with Crippen LogP contribution in [0.25, 0.3) is 0 Å². The van der Waals surface area contributed by atoms with Crippen LogP contribution in [-0.2, 0) is 11.2 Å². The van der Waals surface area contributed by atoms with Gasteiger partial charge in [-0.1, -0.05) is 6.07 Å². The molecule has 0 aromatic carbocycles. The zero-order chi connectivity index (χ0) is 10.7. The highest BCUT2D eigenvalue weighted by atomic mass is 32.1. The molecule has 1 saturated heterocycles. The Balaban J connectivity index is 1.95. The summed E-state index contributed by atoms with van der Waals surface area (Å²) < 4.78 is 0. The van der Waals surface area contributed by atoms with E-state index in [0.29, 0.717) is 12.5 Å². The largest absolute Gasteiger partial charge is 0.337 e. The fourth-order valence-electron chi connectivity index (χ4n) is 1.88. The first kappa shape index (κ1) is 10.6. The predicted octanol–water partition coefficient (Wildman–Crippen LogP) is 1.11. The maximum atomic E-state index is 12.0. The molecule has 2 rings (SSSR count). The zero-order valence-corrected chi connectivity index (χ0v) is 9.72. The minimum atomic E-state index is 0.256. The van der Waals surface area contributed by atoms with Crippen LogP contribution < -0.4 is 5.32 Å². The summed E-state index contributed by atoms with van der Waals surface area (Å²) in [6, 6.07) is 4.34. The van der Waals surface area contributed by atoms with Gasteiger partial charge in [0, 0.05) is 30.6 Å². The van der Waals surface area contributed by atoms with Crippen LogP contribution in [0.2, 0.25) is 0 Å². The number of piperazine rings is 1. The maximum Gasteiger partial charge on any atom is 0.228 e. The van der Waals surface area contributed by atoms with Gasteiger partial charge in [0.25, 0.3) is 0 Å². The van der Waals surface area contributed by atoms with E-state index in [-0.39, 0.29) is 5.91 Å². The second-order valence-corrected chi connectivity index (χ2v) is 4.93. The van der Waals surface area contributed by atoms with Gasteiger partial charge in [-0.2, -0.15) is 0 Å². The summed E-state index contributed by atoms with van der Waals surface area (Å²) in [5, 5.41) is 5.30. The molecule has 0 spiro atoms. The molecule has 1 unspecified atom stereocenters. The lowest BCUT2D eigenvalue weighted by atomic mass is 10.2. The van der Waals surface area contributed by atoms with Crippen molar-refractivity contribution < 1.29 is 4.79 Å². The average molecular weight is 224 g/mol. The van der Waals surface area contributed by atoms with E-state index in [9.17, 15) is 4.79 Å². The Morgan fingerprint density at radius 1 is 1.73 bits per heavy atom. The van der Waals surface area contributed by atoms with Crippen molar-refractivity contribution in [3.8, 4) is 0 Å². The quantitative estimate of drug-likeness (QED) is 0.816. The van der Waals surface area contributed by atoms with Crippen LogP contribution in [0.1, 0.15) is 11.8 Å². The van der Waals surface area contributed by atoms with E-state index in [0.717, 1.165) is 24.5 Å². The van der Waals surface area contributed by atoms with Gasteiger partial charge in [0.1, 0.15) is 0 Å². The molecule has 1 atom stereocenters. The van der Waals surface area contributed by atoms with E-state index < -0.39 is 0 Å². The second kappa shape index (κ2) is 4.77. The molecule has 1 aromatic rings. The number of carbonyl (C=O) groups excluding carboxylic acids is 1. The molecule has 0 aliphatic carbocycles. The predicted molar refractivity (Wildman–Crippen MR) is 62.1 cm³/mol. The van der Waals surface area contributed by atoms with Gasteiger partial charge in [0.15, 0.2) is 0 Å². The van der Waals surface area contributed by atoms with E-state index in [2.05, 4.69) is 12.2 Å². The maximum absolute atomic E-state index is 12.0. The molecule has 3 nitrogen and oxygen atoms in total. The third-order valence-electron chi connectivity index (χ3n) is 2.73. The molecule has 1 aliphatic rings. The Kier molecular flexibility index (Phi) is 3.38. The molecule has 1 amide bonds. The number of hydrogen-bond donors (Lipinski definition) is 1. The van der Waals surface area contributed by atoms with E-state index >= 15 is 0 Å². The van der Waals surface area contributed by atoms with Crippen molar-refractivity contribution in [2.24, 2.45) is 0 Å². The molecule has 15 heavy (non-hydrogen) atoms. The minimum absolute atomic E-state index is 0.256. The molecule has 0 radical (unpaired) electrons. The fraction of sp³-hybridized carbons (Fsp3) is 0.545. The van der Waals surface area contributed by atoms with Gasteiger partial charge in [0.2, 0.25) is 5.91 Å². The number of thiophene rings is 1. The van der Waals surface area contributed by atoms with Crippen molar-refractivity contribution in [3.63, 3.8) is 0 Å². The summed E-state index contributed by atoms with van der Waals surface area (Å²) in [6.07, 6.45) is 0.558. The first-order valence-electron chi connectivity index (χ1n) is 5.30. The smallest absolute Gasteiger partial charge is 0.228 e. The van der Waals surface area contributed by atoms with Crippen LogP contribution in [0.4, 0.5) is 0 Å². The van der Waals surface area contributed by atoms with Gasteiger partial charge in [-0.05, 0) is 18.4 Å². The normalized spacial score (nSPS) is 21.7. The Bertz CT molecular complexity index is 323. The molecule has 82 valence electrons. The summed E-state index contributed by atoms with van der Waals surface area (Å²) in [6.45, 7) is 4.76. The van der Waals surface area contributed by atoms with Gasteiger partial charge in [-0.15, -0.1) is 11.3 Å². The van der Waals surface area contributed by atoms with Gasteiger partial charge in [-0.25, -0.2) is 0 Å². The zero-order valence-electron chi connectivity index (χ0n) is 8.90. The summed E-state index contributed by atoms with van der Waals surface area (Å²) >= 11 is 1.65. The first-order chi connectivity index (χ1) is 7.27. The van der Waals surface area contributed by atoms with Gasteiger partial charge in [0.05, 0.1) is 6.42 Å². The third kappa shape index (κ3) is 2.58. The Labute approximate surface area is 94.1 Å². The molecular formula is C11H16N2OS. The molecule has 4 heteroatoms. The number of nitrogens with zero attached hydrogens (tertiary/aromatic N) is 1. The number of rotatable bonds is 2. The molecule has 1 N–H and O–H groups in total. The lowest BCUT2D eigenvalue weighted by Crippen LogP contribution is -2.52. The molecule has 2 heterocycles. The van der Waals surface area contributed by atoms with Crippen molar-refractivity contribution in [1.29, 1.82) is 0 Å². The molecule has 0 bridgehead atoms. The van der Waals surface area contributed by atoms with Crippen molar-refractivity contribution in [2.45, 2.75) is 19.4 Å². The number of hydrogen-bond acceptors (Lipinski definition) is 3. The molecule has 1 fully saturated rings. The lowest BCUT2D eigenvalue weighted by Gasteiger charge is -2.34. The van der Waals surface area contributed by atoms with E-state index in [1.807, 2.05) is 22.4 Å². The highest BCUT2D eigenvalue weighted by Crippen LogP contribution is 2.12. The molecule has 0 saturated carbocycles. The molecule has 1 aliphatic heterocycles. The van der Waals surface area contributed by atoms with Crippen LogP contribution in [-0.4, -0.2) is 36.5 Å². The monoisotopic (exact) mass is 224 g/mol. The number of nitrogens with one attached hydrogen (secondary N) is 1. The van der Waals surface area contributed by atoms with Gasteiger partial charge < -0.3 is 10.2 Å². The second-order valence-electron chi connectivity index (χ2n) is 3.90. The van der Waals surface area contributed by atoms with Crippen molar-refractivity contribution in [1.82, 2.24) is 10.2 Å². The van der Waals surface area contributed by atoms with Crippen molar-refractivity contribution >= 4 is 17.2 Å². The summed E-state index contributed by atoms with van der Waals surface area (Å²) in [5.41, 5.74) is 0. The number of carbonyl (C=O) groups is 1. The fourth-order valence-corrected chi connectivity index (χ4v) is 2.57. The SMILES string of the molecule is CC1CNCCN1C(=O)Cc1cccs1. The van der Waals surface area contributed by atoms with Gasteiger partial charge >= 0.3 is 0 Å². The van der Waals surface area contributed by atoms with Crippen LogP contribution in [0.5, 0.6) is 0 Å². The summed E-state index contributed by atoms with van der Waals surface area (Å²) in [4.78, 5) is 15.1. The summed E-state index contributed by atoms with van der Waals surface area (Å²) in [5.74, 6) is 0.256. The standard InChI is InChI=1S/C11H16N2OS/c1-9-8-12-4-5-13(9)11(14)7-10-3-2-6-15-10/h2-3,6,9,12H,4-5,7-8H2,1H3. The highest BCUT2D eigenvalue weighted by Gasteiger charge is 2.22. The Hall–Kier alpha value is -0.870. The Morgan fingerprint density at radius 2 is 2.60 bits per heavy atom. The topological polar surface area (TPSA) is 32.3 Å². The lowest BCUT2D eigenvalue weighted by molar-refractivity contribution is -0.133. The Morgan fingerprint density at radius 3 is 3.27 bits per heavy atom. The molecule has 1 aromatic heterocycles. The van der Waals surface area contributed by atoms with Gasteiger partial charge in [-0.3, -0.25) is 4.79 Å². The van der Waals surface area contributed by atoms with Crippen LogP contribution in [0, 0.1) is 0 Å². The highest BCUT2D eigenvalue weighted by molar-refractivity contribution is 7.10. The van der Waals surface area contributed by atoms with Crippen LogP contribution >= 0.6 is 11.3 Å². The van der Waals surface area contributed by atoms with E-state index in [1.165, 1.54) is 0 Å². The average Bonchev–Trinajstić information content (AvgIpc) is 2.71. The van der Waals surface area contributed by atoms with Crippen LogP contribution in [0.3, 0.4) is 0 Å².